The van der Waals surface area contributed by atoms with Crippen LogP contribution in [0.1, 0.15) is 59.3 Å². The lowest BCUT2D eigenvalue weighted by Crippen LogP contribution is -2.28. The van der Waals surface area contributed by atoms with Gasteiger partial charge in [0.15, 0.2) is 0 Å². The molecule has 2 heterocycles. The van der Waals surface area contributed by atoms with Crippen LogP contribution in [-0.2, 0) is 19.4 Å². The van der Waals surface area contributed by atoms with Crippen LogP contribution in [0.2, 0.25) is 0 Å². The van der Waals surface area contributed by atoms with E-state index in [1.807, 2.05) is 30.5 Å². The summed E-state index contributed by atoms with van der Waals surface area (Å²) in [7, 11) is 1.68. The van der Waals surface area contributed by atoms with Gasteiger partial charge in [0, 0.05) is 11.1 Å². The average Bonchev–Trinajstić information content (AvgIpc) is 3.42. The van der Waals surface area contributed by atoms with Crippen molar-refractivity contribution in [1.82, 2.24) is 5.32 Å². The van der Waals surface area contributed by atoms with E-state index in [9.17, 15) is 4.79 Å². The lowest BCUT2D eigenvalue weighted by Gasteiger charge is -2.33. The summed E-state index contributed by atoms with van der Waals surface area (Å²) in [6.07, 6.45) is 6.46. The van der Waals surface area contributed by atoms with Crippen molar-refractivity contribution in [3.63, 3.8) is 0 Å². The topological polar surface area (TPSA) is 63.8 Å². The zero-order valence-corrected chi connectivity index (χ0v) is 24.8. The standard InChI is InChI=1S/C26H28I2N2O3S/c1-26(2,3)16-7-8-18-21(12-16)34-25(22(18)24(31)29-14-17-6-5-9-33-17)30-13-15-10-19(27)23(32-4)20(28)11-15/h5-6,9-11,13,16H,7-8,12,14H2,1-4H3,(H,29,31)/t16-/m1/s1. The average molecular weight is 702 g/mol. The van der Waals surface area contributed by atoms with Crippen molar-refractivity contribution in [2.45, 2.75) is 46.6 Å². The van der Waals surface area contributed by atoms with Gasteiger partial charge in [0.25, 0.3) is 5.91 Å². The molecule has 0 radical (unpaired) electrons. The Balaban J connectivity index is 1.67. The number of hydrogen-bond acceptors (Lipinski definition) is 5. The smallest absolute Gasteiger partial charge is 0.255 e. The Hall–Kier alpha value is -1.40. The van der Waals surface area contributed by atoms with Gasteiger partial charge < -0.3 is 14.5 Å². The fraction of sp³-hybridized carbons (Fsp3) is 0.385. The van der Waals surface area contributed by atoms with Gasteiger partial charge in [-0.1, -0.05) is 20.8 Å². The maximum absolute atomic E-state index is 13.3. The molecule has 1 N–H and O–H groups in total. The molecule has 1 aliphatic rings. The van der Waals surface area contributed by atoms with Gasteiger partial charge in [-0.05, 0) is 111 Å². The first-order valence-electron chi connectivity index (χ1n) is 11.2. The summed E-state index contributed by atoms with van der Waals surface area (Å²) < 4.78 is 12.9. The van der Waals surface area contributed by atoms with Crippen LogP contribution in [0, 0.1) is 18.5 Å². The van der Waals surface area contributed by atoms with Gasteiger partial charge in [0.2, 0.25) is 0 Å². The van der Waals surface area contributed by atoms with Gasteiger partial charge in [-0.25, -0.2) is 4.99 Å². The first kappa shape index (κ1) is 25.7. The molecule has 34 heavy (non-hydrogen) atoms. The van der Waals surface area contributed by atoms with E-state index in [4.69, 9.17) is 14.1 Å². The highest BCUT2D eigenvalue weighted by molar-refractivity contribution is 14.1. The number of methoxy groups -OCH3 is 1. The van der Waals surface area contributed by atoms with Crippen LogP contribution >= 0.6 is 56.5 Å². The fourth-order valence-corrected chi connectivity index (χ4v) is 7.81. The van der Waals surface area contributed by atoms with Gasteiger partial charge in [0.1, 0.15) is 16.5 Å². The Kier molecular flexibility index (Phi) is 8.08. The van der Waals surface area contributed by atoms with Gasteiger partial charge in [-0.2, -0.15) is 0 Å². The number of carbonyl (C=O) groups excluding carboxylic acids is 1. The van der Waals surface area contributed by atoms with E-state index in [-0.39, 0.29) is 11.3 Å². The number of fused-ring (bicyclic) bond motifs is 1. The highest BCUT2D eigenvalue weighted by atomic mass is 127. The van der Waals surface area contributed by atoms with E-state index in [2.05, 4.69) is 71.3 Å². The molecule has 1 aliphatic carbocycles. The molecule has 3 aromatic rings. The summed E-state index contributed by atoms with van der Waals surface area (Å²) in [6.45, 7) is 7.27. The van der Waals surface area contributed by atoms with E-state index < -0.39 is 0 Å². The number of nitrogens with one attached hydrogen (secondary N) is 1. The molecule has 0 saturated carbocycles. The summed E-state index contributed by atoms with van der Waals surface area (Å²) in [4.78, 5) is 19.5. The minimum Gasteiger partial charge on any atom is -0.495 e. The van der Waals surface area contributed by atoms with Gasteiger partial charge in [-0.15, -0.1) is 11.3 Å². The number of thiophene rings is 1. The molecule has 0 aliphatic heterocycles. The number of benzene rings is 1. The number of aliphatic imine (C=N–C) groups is 1. The largest absolute Gasteiger partial charge is 0.495 e. The molecule has 1 amide bonds. The third kappa shape index (κ3) is 5.70. The van der Waals surface area contributed by atoms with Crippen molar-refractivity contribution in [2.75, 3.05) is 7.11 Å². The van der Waals surface area contributed by atoms with Gasteiger partial charge >= 0.3 is 0 Å². The minimum absolute atomic E-state index is 0.0887. The Bertz CT molecular complexity index is 1190. The van der Waals surface area contributed by atoms with Crippen molar-refractivity contribution in [3.8, 4) is 5.75 Å². The molecule has 2 aromatic heterocycles. The van der Waals surface area contributed by atoms with Crippen molar-refractivity contribution >= 4 is 73.6 Å². The lowest BCUT2D eigenvalue weighted by molar-refractivity contribution is 0.0947. The van der Waals surface area contributed by atoms with E-state index >= 15 is 0 Å². The Labute approximate surface area is 232 Å². The summed E-state index contributed by atoms with van der Waals surface area (Å²) in [5.74, 6) is 2.11. The number of halogens is 2. The fourth-order valence-electron chi connectivity index (χ4n) is 4.29. The van der Waals surface area contributed by atoms with E-state index in [0.717, 1.165) is 54.0 Å². The molecule has 1 atom stereocenters. The summed E-state index contributed by atoms with van der Waals surface area (Å²) in [6, 6.07) is 7.78. The van der Waals surface area contributed by atoms with Crippen molar-refractivity contribution in [3.05, 3.63) is 65.0 Å². The number of furan rings is 1. The zero-order chi connectivity index (χ0) is 24.5. The Morgan fingerprint density at radius 1 is 1.32 bits per heavy atom. The molecule has 5 nitrogen and oxygen atoms in total. The summed E-state index contributed by atoms with van der Waals surface area (Å²) in [5.41, 5.74) is 3.10. The highest BCUT2D eigenvalue weighted by Gasteiger charge is 2.33. The number of amides is 1. The monoisotopic (exact) mass is 702 g/mol. The number of nitrogens with zero attached hydrogens (tertiary/aromatic N) is 1. The molecule has 0 bridgehead atoms. The molecule has 4 rings (SSSR count). The minimum atomic E-state index is -0.0887. The number of carbonyl (C=O) groups is 1. The molecule has 0 fully saturated rings. The lowest BCUT2D eigenvalue weighted by atomic mass is 9.72. The van der Waals surface area contributed by atoms with Crippen LogP contribution < -0.4 is 10.1 Å². The zero-order valence-electron chi connectivity index (χ0n) is 19.7. The van der Waals surface area contributed by atoms with Crippen LogP contribution in [-0.4, -0.2) is 19.2 Å². The third-order valence-electron chi connectivity index (χ3n) is 6.26. The summed E-state index contributed by atoms with van der Waals surface area (Å²) >= 11 is 6.21. The number of hydrogen-bond donors (Lipinski definition) is 1. The predicted octanol–water partition coefficient (Wildman–Crippen LogP) is 7.39. The molecule has 0 spiro atoms. The van der Waals surface area contributed by atoms with Gasteiger partial charge in [-0.3, -0.25) is 4.79 Å². The second-order valence-electron chi connectivity index (χ2n) is 9.53. The Morgan fingerprint density at radius 2 is 2.06 bits per heavy atom. The van der Waals surface area contributed by atoms with Crippen LogP contribution in [0.5, 0.6) is 5.75 Å². The molecule has 1 aromatic carbocycles. The van der Waals surface area contributed by atoms with E-state index in [0.29, 0.717) is 18.0 Å². The Morgan fingerprint density at radius 3 is 2.68 bits per heavy atom. The molecular formula is C26H28I2N2O3S. The summed E-state index contributed by atoms with van der Waals surface area (Å²) in [5, 5.41) is 3.81. The molecule has 0 unspecified atom stereocenters. The molecule has 8 heteroatoms. The maximum atomic E-state index is 13.3. The first-order valence-corrected chi connectivity index (χ1v) is 14.2. The number of ether oxygens (including phenoxy) is 1. The maximum Gasteiger partial charge on any atom is 0.255 e. The van der Waals surface area contributed by atoms with Crippen molar-refractivity contribution in [1.29, 1.82) is 0 Å². The highest BCUT2D eigenvalue weighted by Crippen LogP contribution is 2.45. The predicted molar refractivity (Wildman–Crippen MR) is 155 cm³/mol. The van der Waals surface area contributed by atoms with Gasteiger partial charge in [0.05, 0.1) is 32.6 Å². The molecule has 0 saturated heterocycles. The van der Waals surface area contributed by atoms with E-state index in [1.165, 1.54) is 4.88 Å². The number of rotatable bonds is 6. The van der Waals surface area contributed by atoms with Crippen LogP contribution in [0.3, 0.4) is 0 Å². The SMILES string of the molecule is COc1c(I)cc(C=Nc2sc3c(c2C(=O)NCc2ccco2)CC[C@@H](C(C)(C)C)C3)cc1I. The van der Waals surface area contributed by atoms with Crippen molar-refractivity contribution < 1.29 is 13.9 Å². The van der Waals surface area contributed by atoms with Crippen molar-refractivity contribution in [2.24, 2.45) is 16.3 Å². The normalized spacial score (nSPS) is 16.0. The molecule has 180 valence electrons. The first-order chi connectivity index (χ1) is 16.2. The van der Waals surface area contributed by atoms with Crippen LogP contribution in [0.4, 0.5) is 5.00 Å². The molecular weight excluding hydrogens is 674 g/mol. The third-order valence-corrected chi connectivity index (χ3v) is 9.02. The van der Waals surface area contributed by atoms with E-state index in [1.54, 1.807) is 24.7 Å². The second kappa shape index (κ2) is 10.7. The quantitative estimate of drug-likeness (QED) is 0.215. The second-order valence-corrected chi connectivity index (χ2v) is 12.9. The van der Waals surface area contributed by atoms with Crippen LogP contribution in [0.15, 0.2) is 39.9 Å². The van der Waals surface area contributed by atoms with Crippen LogP contribution in [0.25, 0.3) is 0 Å².